The molecule has 0 aromatic heterocycles. The number of rotatable bonds is 5. The Labute approximate surface area is 96.0 Å². The zero-order valence-electron chi connectivity index (χ0n) is 9.80. The first-order valence-electron chi connectivity index (χ1n) is 5.01. The van der Waals surface area contributed by atoms with Crippen molar-refractivity contribution < 1.29 is 24.7 Å². The fourth-order valence-corrected chi connectivity index (χ4v) is 0.989. The Balaban J connectivity index is 0. The van der Waals surface area contributed by atoms with Gasteiger partial charge in [0.25, 0.3) is 0 Å². The molecule has 0 rings (SSSR count). The van der Waals surface area contributed by atoms with Gasteiger partial charge in [0.15, 0.2) is 0 Å². The summed E-state index contributed by atoms with van der Waals surface area (Å²) in [7, 11) is 0. The van der Waals surface area contributed by atoms with Crippen molar-refractivity contribution in [2.45, 2.75) is 39.7 Å². The van der Waals surface area contributed by atoms with Gasteiger partial charge < -0.3 is 20.5 Å². The average molecular weight is 232 g/mol. The SMILES string of the molecule is CCC(=O)N[C@@H](CC(C)C)C(=O)O.O[B]O. The Morgan fingerprint density at radius 2 is 1.75 bits per heavy atom. The van der Waals surface area contributed by atoms with Gasteiger partial charge in [-0.1, -0.05) is 20.8 Å². The maximum atomic E-state index is 10.9. The molecule has 0 saturated carbocycles. The summed E-state index contributed by atoms with van der Waals surface area (Å²) < 4.78 is 0. The Morgan fingerprint density at radius 1 is 1.31 bits per heavy atom. The first kappa shape index (κ1) is 17.3. The molecule has 0 aliphatic carbocycles. The van der Waals surface area contributed by atoms with Gasteiger partial charge in [0, 0.05) is 6.42 Å². The highest BCUT2D eigenvalue weighted by Gasteiger charge is 2.19. The first-order valence-corrected chi connectivity index (χ1v) is 5.01. The minimum Gasteiger partial charge on any atom is -0.480 e. The molecule has 1 radical (unpaired) electrons. The van der Waals surface area contributed by atoms with Gasteiger partial charge >= 0.3 is 13.7 Å². The van der Waals surface area contributed by atoms with Gasteiger partial charge in [-0.3, -0.25) is 4.79 Å². The van der Waals surface area contributed by atoms with E-state index in [0.717, 1.165) is 0 Å². The van der Waals surface area contributed by atoms with E-state index in [9.17, 15) is 9.59 Å². The number of carboxylic acids is 1. The monoisotopic (exact) mass is 232 g/mol. The molecule has 0 aliphatic rings. The van der Waals surface area contributed by atoms with Crippen molar-refractivity contribution in [3.63, 3.8) is 0 Å². The number of amides is 1. The van der Waals surface area contributed by atoms with Crippen LogP contribution in [-0.4, -0.2) is 40.8 Å². The topological polar surface area (TPSA) is 107 Å². The second kappa shape index (κ2) is 10.4. The van der Waals surface area contributed by atoms with Crippen molar-refractivity contribution in [2.24, 2.45) is 5.92 Å². The molecule has 7 heteroatoms. The second-order valence-corrected chi connectivity index (χ2v) is 3.56. The van der Waals surface area contributed by atoms with E-state index in [1.807, 2.05) is 13.8 Å². The Kier molecular flexibility index (Phi) is 11.3. The normalized spacial score (nSPS) is 11.1. The molecular formula is C9H19BNO5. The molecule has 93 valence electrons. The van der Waals surface area contributed by atoms with Crippen LogP contribution in [0.15, 0.2) is 0 Å². The first-order chi connectivity index (χ1) is 7.38. The molecule has 0 bridgehead atoms. The van der Waals surface area contributed by atoms with Crippen LogP contribution in [0.5, 0.6) is 0 Å². The summed E-state index contributed by atoms with van der Waals surface area (Å²) in [5, 5.41) is 25.2. The maximum Gasteiger partial charge on any atom is 0.482 e. The van der Waals surface area contributed by atoms with Crippen LogP contribution in [0.25, 0.3) is 0 Å². The van der Waals surface area contributed by atoms with Crippen molar-refractivity contribution in [1.82, 2.24) is 5.32 Å². The van der Waals surface area contributed by atoms with Gasteiger partial charge in [0.1, 0.15) is 6.04 Å². The molecule has 1 atom stereocenters. The van der Waals surface area contributed by atoms with Crippen molar-refractivity contribution in [1.29, 1.82) is 0 Å². The van der Waals surface area contributed by atoms with E-state index in [1.54, 1.807) is 6.92 Å². The number of carboxylic acid groups (broad SMARTS) is 1. The van der Waals surface area contributed by atoms with Crippen molar-refractivity contribution in [3.05, 3.63) is 0 Å². The third-order valence-electron chi connectivity index (χ3n) is 1.66. The van der Waals surface area contributed by atoms with Gasteiger partial charge in [-0.15, -0.1) is 0 Å². The largest absolute Gasteiger partial charge is 0.482 e. The number of carbonyl (C=O) groups excluding carboxylic acids is 1. The molecule has 0 aromatic carbocycles. The molecule has 6 nitrogen and oxygen atoms in total. The Bertz CT molecular complexity index is 210. The fourth-order valence-electron chi connectivity index (χ4n) is 0.989. The molecule has 0 unspecified atom stereocenters. The van der Waals surface area contributed by atoms with Crippen LogP contribution in [0.1, 0.15) is 33.6 Å². The minimum absolute atomic E-state index is 0. The van der Waals surface area contributed by atoms with E-state index in [1.165, 1.54) is 0 Å². The number of carbonyl (C=O) groups is 2. The van der Waals surface area contributed by atoms with E-state index in [4.69, 9.17) is 15.2 Å². The third-order valence-corrected chi connectivity index (χ3v) is 1.66. The zero-order valence-corrected chi connectivity index (χ0v) is 9.80. The lowest BCUT2D eigenvalue weighted by atomic mass is 10.0. The van der Waals surface area contributed by atoms with Crippen molar-refractivity contribution >= 4 is 19.6 Å². The predicted molar refractivity (Wildman–Crippen MR) is 59.5 cm³/mol. The molecule has 16 heavy (non-hydrogen) atoms. The van der Waals surface area contributed by atoms with Crippen LogP contribution in [-0.2, 0) is 9.59 Å². The second-order valence-electron chi connectivity index (χ2n) is 3.56. The van der Waals surface area contributed by atoms with E-state index >= 15 is 0 Å². The molecule has 0 heterocycles. The quantitative estimate of drug-likeness (QED) is 0.479. The van der Waals surface area contributed by atoms with Gasteiger partial charge in [-0.2, -0.15) is 0 Å². The summed E-state index contributed by atoms with van der Waals surface area (Å²) in [6.45, 7) is 5.55. The van der Waals surface area contributed by atoms with Crippen molar-refractivity contribution in [3.8, 4) is 0 Å². The van der Waals surface area contributed by atoms with E-state index in [2.05, 4.69) is 5.32 Å². The van der Waals surface area contributed by atoms with Crippen LogP contribution in [0.3, 0.4) is 0 Å². The highest BCUT2D eigenvalue weighted by molar-refractivity contribution is 6.13. The lowest BCUT2D eigenvalue weighted by molar-refractivity contribution is -0.142. The summed E-state index contributed by atoms with van der Waals surface area (Å²) in [4.78, 5) is 21.6. The molecule has 0 aromatic rings. The number of nitrogens with one attached hydrogen (secondary N) is 1. The number of aliphatic carboxylic acids is 1. The summed E-state index contributed by atoms with van der Waals surface area (Å²) >= 11 is 0. The highest BCUT2D eigenvalue weighted by Crippen LogP contribution is 2.04. The molecule has 1 amide bonds. The van der Waals surface area contributed by atoms with Gasteiger partial charge in [0.2, 0.25) is 5.91 Å². The standard InChI is InChI=1S/C9H17NO3.BH2O2/c1-4-8(11)10-7(9(12)13)5-6(2)3;2-1-3/h6-7H,4-5H2,1-3H3,(H,10,11)(H,12,13);2-3H/t7-;/m0./s1. The summed E-state index contributed by atoms with van der Waals surface area (Å²) in [6, 6.07) is -0.743. The zero-order chi connectivity index (χ0) is 13.1. The van der Waals surface area contributed by atoms with Crippen molar-refractivity contribution in [2.75, 3.05) is 0 Å². The van der Waals surface area contributed by atoms with Gasteiger partial charge in [0.05, 0.1) is 0 Å². The van der Waals surface area contributed by atoms with Crippen LogP contribution in [0.2, 0.25) is 0 Å². The Hall–Kier alpha value is -1.08. The highest BCUT2D eigenvalue weighted by atomic mass is 16.4. The molecule has 4 N–H and O–H groups in total. The molecular weight excluding hydrogens is 213 g/mol. The average Bonchev–Trinajstić information content (AvgIpc) is 2.17. The molecule has 0 spiro atoms. The van der Waals surface area contributed by atoms with Crippen LogP contribution >= 0.6 is 0 Å². The fraction of sp³-hybridized carbons (Fsp3) is 0.778. The maximum absolute atomic E-state index is 10.9. The van der Waals surface area contributed by atoms with Gasteiger partial charge in [-0.05, 0) is 12.3 Å². The number of hydrogen-bond donors (Lipinski definition) is 4. The minimum atomic E-state index is -0.962. The predicted octanol–water partition coefficient (Wildman–Crippen LogP) is -0.483. The van der Waals surface area contributed by atoms with E-state index < -0.39 is 12.0 Å². The van der Waals surface area contributed by atoms with Crippen LogP contribution < -0.4 is 5.32 Å². The van der Waals surface area contributed by atoms with E-state index in [0.29, 0.717) is 12.8 Å². The van der Waals surface area contributed by atoms with Crippen LogP contribution in [0.4, 0.5) is 0 Å². The summed E-state index contributed by atoms with van der Waals surface area (Å²) in [6.07, 6.45) is 0.795. The molecule has 0 saturated heterocycles. The van der Waals surface area contributed by atoms with E-state index in [-0.39, 0.29) is 19.5 Å². The smallest absolute Gasteiger partial charge is 0.480 e. The number of hydrogen-bond acceptors (Lipinski definition) is 4. The molecule has 0 aliphatic heterocycles. The molecule has 0 fully saturated rings. The lowest BCUT2D eigenvalue weighted by Crippen LogP contribution is -2.41. The Morgan fingerprint density at radius 3 is 2.00 bits per heavy atom. The lowest BCUT2D eigenvalue weighted by Gasteiger charge is -2.15. The van der Waals surface area contributed by atoms with Gasteiger partial charge in [-0.25, -0.2) is 4.79 Å². The van der Waals surface area contributed by atoms with Crippen LogP contribution in [0, 0.1) is 5.92 Å². The third kappa shape index (κ3) is 11.0. The summed E-state index contributed by atoms with van der Waals surface area (Å²) in [5.74, 6) is -0.915. The summed E-state index contributed by atoms with van der Waals surface area (Å²) in [5.41, 5.74) is 0.